The molecule has 0 radical (unpaired) electrons. The van der Waals surface area contributed by atoms with Gasteiger partial charge in [-0.1, -0.05) is 6.92 Å². The van der Waals surface area contributed by atoms with Crippen molar-refractivity contribution in [2.24, 2.45) is 0 Å². The maximum absolute atomic E-state index is 10.6. The van der Waals surface area contributed by atoms with E-state index in [0.29, 0.717) is 4.90 Å². The molecule has 0 amide bonds. The fourth-order valence-corrected chi connectivity index (χ4v) is 1.77. The molecule has 1 aromatic carbocycles. The molecule has 0 heterocycles. The Hall–Kier alpha value is -1.36. The number of carboxylic acid groups (broad SMARTS) is 1. The van der Waals surface area contributed by atoms with Crippen molar-refractivity contribution in [3.8, 4) is 5.75 Å². The molecular weight excluding hydrogens is 202 g/mol. The highest BCUT2D eigenvalue weighted by atomic mass is 32.2. The average Bonchev–Trinajstić information content (AvgIpc) is 2.13. The smallest absolute Gasteiger partial charge is 0.337 e. The van der Waals surface area contributed by atoms with E-state index in [2.05, 4.69) is 0 Å². The molecule has 14 heavy (non-hydrogen) atoms. The van der Waals surface area contributed by atoms with E-state index in [1.54, 1.807) is 6.07 Å². The largest absolute Gasteiger partial charge is 0.505 e. The zero-order valence-corrected chi connectivity index (χ0v) is 8.47. The van der Waals surface area contributed by atoms with Crippen LogP contribution < -0.4 is 5.73 Å². The highest BCUT2D eigenvalue weighted by Crippen LogP contribution is 2.35. The van der Waals surface area contributed by atoms with E-state index in [4.69, 9.17) is 10.8 Å². The number of benzene rings is 1. The van der Waals surface area contributed by atoms with Crippen LogP contribution in [0.5, 0.6) is 5.75 Å². The molecule has 1 rings (SSSR count). The molecule has 4 nitrogen and oxygen atoms in total. The van der Waals surface area contributed by atoms with Crippen molar-refractivity contribution >= 4 is 23.4 Å². The van der Waals surface area contributed by atoms with Gasteiger partial charge in [0.25, 0.3) is 0 Å². The van der Waals surface area contributed by atoms with Gasteiger partial charge in [0.1, 0.15) is 0 Å². The third kappa shape index (κ3) is 1.93. The highest BCUT2D eigenvalue weighted by Gasteiger charge is 2.14. The maximum Gasteiger partial charge on any atom is 0.337 e. The van der Waals surface area contributed by atoms with Gasteiger partial charge in [-0.3, -0.25) is 0 Å². The number of nitrogen functional groups attached to an aromatic ring is 1. The number of aromatic hydroxyl groups is 1. The lowest BCUT2D eigenvalue weighted by molar-refractivity contribution is 0.0697. The Morgan fingerprint density at radius 2 is 2.21 bits per heavy atom. The van der Waals surface area contributed by atoms with Crippen LogP contribution in [0.3, 0.4) is 0 Å². The summed E-state index contributed by atoms with van der Waals surface area (Å²) in [6.45, 7) is 1.94. The molecule has 0 aromatic heterocycles. The number of thioether (sulfide) groups is 1. The van der Waals surface area contributed by atoms with Gasteiger partial charge in [-0.05, 0) is 17.9 Å². The standard InChI is InChI=1S/C9H11NO3S/c1-2-14-6-4-3-5(9(12)13)7(10)8(6)11/h3-4,11H,2,10H2,1H3,(H,12,13). The summed E-state index contributed by atoms with van der Waals surface area (Å²) >= 11 is 1.41. The molecule has 5 heteroatoms. The first-order chi connectivity index (χ1) is 6.57. The Balaban J connectivity index is 3.19. The van der Waals surface area contributed by atoms with E-state index in [0.717, 1.165) is 5.75 Å². The van der Waals surface area contributed by atoms with Gasteiger partial charge in [0, 0.05) is 0 Å². The first-order valence-electron chi connectivity index (χ1n) is 4.05. The van der Waals surface area contributed by atoms with Crippen molar-refractivity contribution in [1.29, 1.82) is 0 Å². The van der Waals surface area contributed by atoms with Crippen LogP contribution in [0.4, 0.5) is 5.69 Å². The van der Waals surface area contributed by atoms with Gasteiger partial charge in [-0.15, -0.1) is 11.8 Å². The fraction of sp³-hybridized carbons (Fsp3) is 0.222. The summed E-state index contributed by atoms with van der Waals surface area (Å²) in [5, 5.41) is 18.3. The zero-order valence-electron chi connectivity index (χ0n) is 7.65. The maximum atomic E-state index is 10.6. The zero-order chi connectivity index (χ0) is 10.7. The molecule has 1 aromatic rings. The van der Waals surface area contributed by atoms with E-state index in [1.165, 1.54) is 17.8 Å². The summed E-state index contributed by atoms with van der Waals surface area (Å²) in [4.78, 5) is 11.3. The molecule has 0 aliphatic carbocycles. The first-order valence-corrected chi connectivity index (χ1v) is 5.04. The van der Waals surface area contributed by atoms with Gasteiger partial charge in [-0.2, -0.15) is 0 Å². The summed E-state index contributed by atoms with van der Waals surface area (Å²) in [5.41, 5.74) is 5.33. The number of anilines is 1. The second-order valence-corrected chi connectivity index (χ2v) is 3.92. The Morgan fingerprint density at radius 3 is 2.71 bits per heavy atom. The van der Waals surface area contributed by atoms with Gasteiger partial charge in [0.15, 0.2) is 5.75 Å². The number of aromatic carboxylic acids is 1. The van der Waals surface area contributed by atoms with Crippen LogP contribution in [0.25, 0.3) is 0 Å². The second-order valence-electron chi connectivity index (χ2n) is 2.61. The summed E-state index contributed by atoms with van der Waals surface area (Å²) in [7, 11) is 0. The third-order valence-electron chi connectivity index (χ3n) is 1.71. The van der Waals surface area contributed by atoms with E-state index >= 15 is 0 Å². The number of phenols is 1. The Morgan fingerprint density at radius 1 is 1.57 bits per heavy atom. The average molecular weight is 213 g/mol. The number of hydrogen-bond acceptors (Lipinski definition) is 4. The van der Waals surface area contributed by atoms with Crippen molar-refractivity contribution in [1.82, 2.24) is 0 Å². The predicted molar refractivity (Wildman–Crippen MR) is 55.9 cm³/mol. The SMILES string of the molecule is CCSc1ccc(C(=O)O)c(N)c1O. The van der Waals surface area contributed by atoms with Crippen molar-refractivity contribution in [3.05, 3.63) is 17.7 Å². The number of nitrogens with two attached hydrogens (primary N) is 1. The van der Waals surface area contributed by atoms with Crippen molar-refractivity contribution < 1.29 is 15.0 Å². The number of rotatable bonds is 3. The Labute approximate surface area is 85.7 Å². The van der Waals surface area contributed by atoms with Gasteiger partial charge in [0.2, 0.25) is 0 Å². The monoisotopic (exact) mass is 213 g/mol. The lowest BCUT2D eigenvalue weighted by Crippen LogP contribution is -2.02. The van der Waals surface area contributed by atoms with Crippen LogP contribution in [0.1, 0.15) is 17.3 Å². The number of carboxylic acids is 1. The van der Waals surface area contributed by atoms with E-state index in [-0.39, 0.29) is 17.0 Å². The normalized spacial score (nSPS) is 10.1. The van der Waals surface area contributed by atoms with Crippen LogP contribution in [0.2, 0.25) is 0 Å². The fourth-order valence-electron chi connectivity index (χ4n) is 1.05. The molecule has 0 saturated heterocycles. The van der Waals surface area contributed by atoms with E-state index in [1.807, 2.05) is 6.92 Å². The molecule has 76 valence electrons. The molecule has 0 spiro atoms. The molecule has 0 unspecified atom stereocenters. The molecule has 0 bridgehead atoms. The molecule has 4 N–H and O–H groups in total. The van der Waals surface area contributed by atoms with Crippen LogP contribution >= 0.6 is 11.8 Å². The molecule has 0 atom stereocenters. The molecular formula is C9H11NO3S. The van der Waals surface area contributed by atoms with Crippen LogP contribution in [-0.4, -0.2) is 21.9 Å². The van der Waals surface area contributed by atoms with Gasteiger partial charge in [-0.25, -0.2) is 4.79 Å². The number of hydrogen-bond donors (Lipinski definition) is 3. The number of carbonyl (C=O) groups is 1. The van der Waals surface area contributed by atoms with Crippen molar-refractivity contribution in [2.75, 3.05) is 11.5 Å². The Bertz CT molecular complexity index is 365. The van der Waals surface area contributed by atoms with E-state index < -0.39 is 5.97 Å². The lowest BCUT2D eigenvalue weighted by Gasteiger charge is -2.07. The topological polar surface area (TPSA) is 83.5 Å². The molecule has 0 fully saturated rings. The minimum atomic E-state index is -1.13. The minimum Gasteiger partial charge on any atom is -0.505 e. The summed E-state index contributed by atoms with van der Waals surface area (Å²) in [6.07, 6.45) is 0. The quantitative estimate of drug-likeness (QED) is 0.405. The van der Waals surface area contributed by atoms with Crippen molar-refractivity contribution in [3.63, 3.8) is 0 Å². The van der Waals surface area contributed by atoms with E-state index in [9.17, 15) is 9.90 Å². The number of phenolic OH excluding ortho intramolecular Hbond substituents is 1. The first kappa shape index (κ1) is 10.7. The Kier molecular flexibility index (Phi) is 3.24. The summed E-state index contributed by atoms with van der Waals surface area (Å²) < 4.78 is 0. The second kappa shape index (κ2) is 4.23. The minimum absolute atomic E-state index is 0.0667. The van der Waals surface area contributed by atoms with Crippen LogP contribution in [-0.2, 0) is 0 Å². The molecule has 0 saturated carbocycles. The summed E-state index contributed by atoms with van der Waals surface area (Å²) in [6, 6.07) is 2.96. The van der Waals surface area contributed by atoms with Crippen LogP contribution in [0, 0.1) is 0 Å². The molecule has 0 aliphatic heterocycles. The van der Waals surface area contributed by atoms with Gasteiger partial charge >= 0.3 is 5.97 Å². The molecule has 0 aliphatic rings. The third-order valence-corrected chi connectivity index (χ3v) is 2.64. The van der Waals surface area contributed by atoms with Crippen LogP contribution in [0.15, 0.2) is 17.0 Å². The predicted octanol–water partition coefficient (Wildman–Crippen LogP) is 1.78. The lowest BCUT2D eigenvalue weighted by atomic mass is 10.1. The van der Waals surface area contributed by atoms with Crippen molar-refractivity contribution in [2.45, 2.75) is 11.8 Å². The van der Waals surface area contributed by atoms with Gasteiger partial charge in [0.05, 0.1) is 16.1 Å². The summed E-state index contributed by atoms with van der Waals surface area (Å²) in [5.74, 6) is -0.484. The van der Waals surface area contributed by atoms with Gasteiger partial charge < -0.3 is 15.9 Å². The highest BCUT2D eigenvalue weighted by molar-refractivity contribution is 7.99.